The van der Waals surface area contributed by atoms with Crippen LogP contribution in [-0.4, -0.2) is 48.3 Å². The minimum atomic E-state index is -0.776. The first-order valence-corrected chi connectivity index (χ1v) is 18.2. The van der Waals surface area contributed by atoms with E-state index in [9.17, 15) is 4.79 Å². The number of hydrogen-bond donors (Lipinski definition) is 0. The van der Waals surface area contributed by atoms with Gasteiger partial charge in [-0.1, -0.05) is 133 Å². The number of ketones is 1. The standard InChI is InChI=1S/C43H42O6S/c44-39-36-24-14-13-21-34(36)25-26-37(39)48-43-42(50-35-22-11-4-12-23-35)41(47-29-33-19-9-3-10-20-33)40(46-28-32-17-7-2-8-18-32)38(49-43)30-45-27-31-15-5-1-6-16-31/h1-24,37-38,40-43H,25-30H2/t37?,38-,40-,41+,42+,43+/m1/s1. The molecule has 6 atom stereocenters. The van der Waals surface area contributed by atoms with Gasteiger partial charge in [0.05, 0.1) is 31.7 Å². The van der Waals surface area contributed by atoms with E-state index in [4.69, 9.17) is 23.7 Å². The molecule has 7 rings (SSSR count). The second-order valence-electron chi connectivity index (χ2n) is 12.6. The van der Waals surface area contributed by atoms with Crippen molar-refractivity contribution in [2.45, 2.75) is 73.5 Å². The number of ether oxygens (including phenoxy) is 5. The molecule has 0 spiro atoms. The summed E-state index contributed by atoms with van der Waals surface area (Å²) in [5, 5.41) is -0.364. The molecule has 0 saturated carbocycles. The second kappa shape index (κ2) is 17.2. The molecule has 256 valence electrons. The molecule has 1 fully saturated rings. The van der Waals surface area contributed by atoms with Crippen molar-refractivity contribution in [1.82, 2.24) is 0 Å². The summed E-state index contributed by atoms with van der Waals surface area (Å²) in [5.41, 5.74) is 4.95. The van der Waals surface area contributed by atoms with Gasteiger partial charge in [-0.05, 0) is 47.2 Å². The van der Waals surface area contributed by atoms with E-state index in [1.807, 2.05) is 109 Å². The van der Waals surface area contributed by atoms with E-state index in [0.717, 1.165) is 39.1 Å². The molecular formula is C43H42O6S. The van der Waals surface area contributed by atoms with Gasteiger partial charge in [0.15, 0.2) is 12.1 Å². The molecule has 0 amide bonds. The molecule has 7 heteroatoms. The topological polar surface area (TPSA) is 63.2 Å². The number of fused-ring (bicyclic) bond motifs is 1. The fourth-order valence-electron chi connectivity index (χ4n) is 6.56. The Kier molecular flexibility index (Phi) is 11.8. The van der Waals surface area contributed by atoms with E-state index in [2.05, 4.69) is 36.4 Å². The molecule has 2 aliphatic rings. The summed E-state index contributed by atoms with van der Waals surface area (Å²) in [7, 11) is 0. The van der Waals surface area contributed by atoms with Crippen molar-refractivity contribution < 1.29 is 28.5 Å². The van der Waals surface area contributed by atoms with Crippen molar-refractivity contribution in [3.63, 3.8) is 0 Å². The number of aryl methyl sites for hydroxylation is 1. The van der Waals surface area contributed by atoms with Crippen molar-refractivity contribution in [1.29, 1.82) is 0 Å². The maximum absolute atomic E-state index is 13.8. The van der Waals surface area contributed by atoms with E-state index >= 15 is 0 Å². The average Bonchev–Trinajstić information content (AvgIpc) is 3.17. The third-order valence-electron chi connectivity index (χ3n) is 9.12. The number of hydrogen-bond acceptors (Lipinski definition) is 7. The molecule has 1 aliphatic carbocycles. The summed E-state index contributed by atoms with van der Waals surface area (Å²) in [6, 6.07) is 48.4. The maximum Gasteiger partial charge on any atom is 0.191 e. The van der Waals surface area contributed by atoms with Crippen LogP contribution in [0.1, 0.15) is 39.0 Å². The summed E-state index contributed by atoms with van der Waals surface area (Å²) >= 11 is 1.63. The first kappa shape index (κ1) is 34.4. The number of thioether (sulfide) groups is 1. The number of Topliss-reactive ketones (excluding diaryl/α,β-unsaturated/α-hetero) is 1. The van der Waals surface area contributed by atoms with Gasteiger partial charge < -0.3 is 23.7 Å². The lowest BCUT2D eigenvalue weighted by molar-refractivity contribution is -0.280. The minimum absolute atomic E-state index is 0.0139. The van der Waals surface area contributed by atoms with E-state index in [-0.39, 0.29) is 17.6 Å². The molecule has 0 N–H and O–H groups in total. The largest absolute Gasteiger partial charge is 0.374 e. The lowest BCUT2D eigenvalue weighted by atomic mass is 9.88. The number of carbonyl (C=O) groups is 1. The number of carbonyl (C=O) groups excluding carboxylic acids is 1. The molecule has 1 heterocycles. The zero-order valence-corrected chi connectivity index (χ0v) is 28.7. The first-order chi connectivity index (χ1) is 24.7. The van der Waals surface area contributed by atoms with Gasteiger partial charge in [0.1, 0.15) is 24.4 Å². The normalized spacial score (nSPS) is 23.3. The van der Waals surface area contributed by atoms with Crippen molar-refractivity contribution >= 4 is 17.5 Å². The summed E-state index contributed by atoms with van der Waals surface area (Å²) in [6.07, 6.45) is -1.59. The Bertz CT molecular complexity index is 1770. The zero-order valence-electron chi connectivity index (χ0n) is 27.9. The summed E-state index contributed by atoms with van der Waals surface area (Å²) in [6.45, 7) is 1.43. The Morgan fingerprint density at radius 3 is 1.80 bits per heavy atom. The van der Waals surface area contributed by atoms with Gasteiger partial charge in [0.2, 0.25) is 0 Å². The molecule has 5 aromatic rings. The Morgan fingerprint density at radius 1 is 0.620 bits per heavy atom. The highest BCUT2D eigenvalue weighted by Gasteiger charge is 2.50. The van der Waals surface area contributed by atoms with Crippen LogP contribution in [0.15, 0.2) is 150 Å². The third kappa shape index (κ3) is 8.79. The minimum Gasteiger partial charge on any atom is -0.374 e. The monoisotopic (exact) mass is 686 g/mol. The lowest BCUT2D eigenvalue weighted by Crippen LogP contribution is -2.60. The molecule has 1 aliphatic heterocycles. The molecule has 5 aromatic carbocycles. The third-order valence-corrected chi connectivity index (χ3v) is 10.4. The Labute approximate surface area is 298 Å². The predicted molar refractivity (Wildman–Crippen MR) is 195 cm³/mol. The molecule has 1 unspecified atom stereocenters. The smallest absolute Gasteiger partial charge is 0.191 e. The Hall–Kier alpha value is -4.08. The van der Waals surface area contributed by atoms with Crippen molar-refractivity contribution in [3.8, 4) is 0 Å². The molecule has 50 heavy (non-hydrogen) atoms. The lowest BCUT2D eigenvalue weighted by Gasteiger charge is -2.46. The van der Waals surface area contributed by atoms with Crippen LogP contribution in [0.4, 0.5) is 0 Å². The highest BCUT2D eigenvalue weighted by Crippen LogP contribution is 2.40. The molecule has 0 bridgehead atoms. The van der Waals surface area contributed by atoms with Gasteiger partial charge >= 0.3 is 0 Å². The van der Waals surface area contributed by atoms with Crippen LogP contribution in [0.2, 0.25) is 0 Å². The van der Waals surface area contributed by atoms with Crippen LogP contribution in [0, 0.1) is 0 Å². The van der Waals surface area contributed by atoms with E-state index in [1.54, 1.807) is 11.8 Å². The van der Waals surface area contributed by atoms with Gasteiger partial charge in [-0.2, -0.15) is 0 Å². The van der Waals surface area contributed by atoms with Crippen LogP contribution in [0.5, 0.6) is 0 Å². The van der Waals surface area contributed by atoms with Crippen molar-refractivity contribution in [2.24, 2.45) is 0 Å². The van der Waals surface area contributed by atoms with E-state index < -0.39 is 30.7 Å². The zero-order chi connectivity index (χ0) is 34.0. The second-order valence-corrected chi connectivity index (χ2v) is 13.9. The Morgan fingerprint density at radius 2 is 1.16 bits per heavy atom. The molecule has 1 saturated heterocycles. The van der Waals surface area contributed by atoms with Gasteiger partial charge in [-0.25, -0.2) is 0 Å². The van der Waals surface area contributed by atoms with Gasteiger partial charge in [0, 0.05) is 10.5 Å². The Balaban J connectivity index is 1.22. The van der Waals surface area contributed by atoms with Crippen LogP contribution in [0.25, 0.3) is 0 Å². The predicted octanol–water partition coefficient (Wildman–Crippen LogP) is 8.47. The van der Waals surface area contributed by atoms with E-state index in [1.165, 1.54) is 0 Å². The van der Waals surface area contributed by atoms with Gasteiger partial charge in [-0.3, -0.25) is 4.79 Å². The first-order valence-electron chi connectivity index (χ1n) is 17.3. The van der Waals surface area contributed by atoms with Gasteiger partial charge in [-0.15, -0.1) is 11.8 Å². The van der Waals surface area contributed by atoms with E-state index in [0.29, 0.717) is 26.2 Å². The van der Waals surface area contributed by atoms with Crippen LogP contribution in [-0.2, 0) is 49.9 Å². The fourth-order valence-corrected chi connectivity index (χ4v) is 7.79. The van der Waals surface area contributed by atoms with Crippen LogP contribution in [0.3, 0.4) is 0 Å². The molecule has 0 radical (unpaired) electrons. The summed E-state index contributed by atoms with van der Waals surface area (Å²) in [4.78, 5) is 14.9. The van der Waals surface area contributed by atoms with Gasteiger partial charge in [0.25, 0.3) is 0 Å². The van der Waals surface area contributed by atoms with Crippen LogP contribution < -0.4 is 0 Å². The SMILES string of the molecule is O=C1c2ccccc2CCC1O[C@H]1O[C@H](COCc2ccccc2)[C@@H](OCc2ccccc2)[C@H](OCc2ccccc2)[C@@H]1Sc1ccccc1. The van der Waals surface area contributed by atoms with Crippen LogP contribution >= 0.6 is 11.8 Å². The maximum atomic E-state index is 13.8. The summed E-state index contributed by atoms with van der Waals surface area (Å²) in [5.74, 6) is -0.0139. The van der Waals surface area contributed by atoms with Crippen molar-refractivity contribution in [3.05, 3.63) is 173 Å². The average molecular weight is 687 g/mol. The summed E-state index contributed by atoms with van der Waals surface area (Å²) < 4.78 is 33.7. The highest BCUT2D eigenvalue weighted by atomic mass is 32.2. The molecule has 6 nitrogen and oxygen atoms in total. The quantitative estimate of drug-likeness (QED) is 0.116. The molecular weight excluding hydrogens is 645 g/mol. The van der Waals surface area contributed by atoms with Crippen molar-refractivity contribution in [2.75, 3.05) is 6.61 Å². The fraction of sp³-hybridized carbons (Fsp3) is 0.279. The number of rotatable bonds is 14. The highest BCUT2D eigenvalue weighted by molar-refractivity contribution is 8.00. The number of benzene rings is 5. The molecule has 0 aromatic heterocycles.